The molecule has 0 aromatic heterocycles. The number of hydrogen-bond donors (Lipinski definition) is 1. The molecule has 1 saturated heterocycles. The summed E-state index contributed by atoms with van der Waals surface area (Å²) in [6.07, 6.45) is 8.40. The number of hydrogen-bond acceptors (Lipinski definition) is 2. The summed E-state index contributed by atoms with van der Waals surface area (Å²) >= 11 is 0. The van der Waals surface area contributed by atoms with E-state index in [0.717, 1.165) is 5.92 Å². The van der Waals surface area contributed by atoms with Gasteiger partial charge in [0, 0.05) is 12.6 Å². The highest BCUT2D eigenvalue weighted by molar-refractivity contribution is 4.87. The zero-order valence-corrected chi connectivity index (χ0v) is 12.7. The van der Waals surface area contributed by atoms with Crippen LogP contribution in [0.25, 0.3) is 0 Å². The Kier molecular flexibility index (Phi) is 5.08. The first kappa shape index (κ1) is 14.3. The Morgan fingerprint density at radius 3 is 2.44 bits per heavy atom. The summed E-state index contributed by atoms with van der Waals surface area (Å²) in [4.78, 5) is 2.64. The topological polar surface area (TPSA) is 15.3 Å². The lowest BCUT2D eigenvalue weighted by molar-refractivity contribution is 0.127. The monoisotopic (exact) mass is 252 g/mol. The highest BCUT2D eigenvalue weighted by Gasteiger charge is 2.32. The van der Waals surface area contributed by atoms with Gasteiger partial charge in [0.05, 0.1) is 0 Å². The van der Waals surface area contributed by atoms with Crippen molar-refractivity contribution in [2.45, 2.75) is 65.3 Å². The van der Waals surface area contributed by atoms with Crippen molar-refractivity contribution in [1.82, 2.24) is 10.2 Å². The maximum Gasteiger partial charge on any atom is 0.00681 e. The number of rotatable bonds is 6. The molecule has 2 fully saturated rings. The van der Waals surface area contributed by atoms with Crippen molar-refractivity contribution >= 4 is 0 Å². The van der Waals surface area contributed by atoms with E-state index in [9.17, 15) is 0 Å². The zero-order chi connectivity index (χ0) is 13.0. The molecule has 2 aliphatic rings. The second-order valence-corrected chi connectivity index (χ2v) is 7.01. The maximum absolute atomic E-state index is 3.82. The van der Waals surface area contributed by atoms with E-state index in [2.05, 4.69) is 31.0 Å². The molecule has 1 unspecified atom stereocenters. The van der Waals surface area contributed by atoms with Crippen LogP contribution >= 0.6 is 0 Å². The first-order valence-corrected chi connectivity index (χ1v) is 8.09. The smallest absolute Gasteiger partial charge is 0.00681 e. The molecule has 2 rings (SSSR count). The Labute approximate surface area is 114 Å². The molecule has 18 heavy (non-hydrogen) atoms. The first-order valence-electron chi connectivity index (χ1n) is 8.09. The molecule has 0 bridgehead atoms. The van der Waals surface area contributed by atoms with Gasteiger partial charge in [0.15, 0.2) is 0 Å². The molecular weight excluding hydrogens is 220 g/mol. The van der Waals surface area contributed by atoms with Crippen LogP contribution in [0.15, 0.2) is 0 Å². The number of likely N-dealkylation sites (tertiary alicyclic amines) is 1. The van der Waals surface area contributed by atoms with E-state index < -0.39 is 0 Å². The molecule has 1 saturated carbocycles. The van der Waals surface area contributed by atoms with Crippen LogP contribution in [-0.2, 0) is 0 Å². The van der Waals surface area contributed by atoms with Gasteiger partial charge in [-0.15, -0.1) is 0 Å². The van der Waals surface area contributed by atoms with E-state index >= 15 is 0 Å². The largest absolute Gasteiger partial charge is 0.313 e. The van der Waals surface area contributed by atoms with Crippen molar-refractivity contribution < 1.29 is 0 Å². The van der Waals surface area contributed by atoms with Gasteiger partial charge in [0.2, 0.25) is 0 Å². The fourth-order valence-electron chi connectivity index (χ4n) is 3.52. The van der Waals surface area contributed by atoms with Crippen LogP contribution in [0.1, 0.15) is 59.3 Å². The van der Waals surface area contributed by atoms with Gasteiger partial charge in [-0.05, 0) is 70.0 Å². The molecule has 0 aromatic carbocycles. The van der Waals surface area contributed by atoms with Crippen LogP contribution in [0.3, 0.4) is 0 Å². The van der Waals surface area contributed by atoms with E-state index in [4.69, 9.17) is 0 Å². The molecule has 1 N–H and O–H groups in total. The molecule has 1 heterocycles. The van der Waals surface area contributed by atoms with Gasteiger partial charge in [0.25, 0.3) is 0 Å². The predicted octanol–water partition coefficient (Wildman–Crippen LogP) is 3.28. The summed E-state index contributed by atoms with van der Waals surface area (Å²) in [5.74, 6) is 0.904. The fourth-order valence-corrected chi connectivity index (χ4v) is 3.52. The summed E-state index contributed by atoms with van der Waals surface area (Å²) in [7, 11) is 0. The molecule has 2 nitrogen and oxygen atoms in total. The van der Waals surface area contributed by atoms with Crippen LogP contribution in [0.2, 0.25) is 0 Å². The van der Waals surface area contributed by atoms with Gasteiger partial charge in [0.1, 0.15) is 0 Å². The van der Waals surface area contributed by atoms with Crippen LogP contribution in [0.4, 0.5) is 0 Å². The fraction of sp³-hybridized carbons (Fsp3) is 1.00. The third-order valence-corrected chi connectivity index (χ3v) is 5.29. The normalized spacial score (nSPS) is 26.8. The lowest BCUT2D eigenvalue weighted by atomic mass is 9.70. The van der Waals surface area contributed by atoms with Crippen molar-refractivity contribution in [2.24, 2.45) is 11.3 Å². The van der Waals surface area contributed by atoms with E-state index in [1.54, 1.807) is 0 Å². The van der Waals surface area contributed by atoms with Crippen molar-refractivity contribution in [3.63, 3.8) is 0 Å². The average molecular weight is 252 g/mol. The van der Waals surface area contributed by atoms with Crippen molar-refractivity contribution in [3.8, 4) is 0 Å². The molecule has 1 atom stereocenters. The van der Waals surface area contributed by atoms with Gasteiger partial charge in [-0.3, -0.25) is 0 Å². The second-order valence-electron chi connectivity index (χ2n) is 7.01. The lowest BCUT2D eigenvalue weighted by Gasteiger charge is -2.41. The Morgan fingerprint density at radius 1 is 1.28 bits per heavy atom. The molecule has 0 spiro atoms. The van der Waals surface area contributed by atoms with Gasteiger partial charge in [-0.25, -0.2) is 0 Å². The third-order valence-electron chi connectivity index (χ3n) is 5.29. The van der Waals surface area contributed by atoms with Gasteiger partial charge >= 0.3 is 0 Å². The van der Waals surface area contributed by atoms with E-state index in [1.807, 2.05) is 0 Å². The van der Waals surface area contributed by atoms with Crippen LogP contribution in [0, 0.1) is 11.3 Å². The summed E-state index contributed by atoms with van der Waals surface area (Å²) in [5.41, 5.74) is 0.622. The van der Waals surface area contributed by atoms with E-state index in [-0.39, 0.29) is 0 Å². The third kappa shape index (κ3) is 3.71. The van der Waals surface area contributed by atoms with Crippen LogP contribution < -0.4 is 5.32 Å². The molecule has 0 aromatic rings. The van der Waals surface area contributed by atoms with Crippen LogP contribution in [-0.4, -0.2) is 37.1 Å². The average Bonchev–Trinajstić information content (AvgIpc) is 2.35. The SMILES string of the molecule is CCCN1CCC(C(C)NCC2(C)CCC2)CC1. The van der Waals surface area contributed by atoms with Crippen molar-refractivity contribution in [3.05, 3.63) is 0 Å². The molecule has 0 radical (unpaired) electrons. The summed E-state index contributed by atoms with van der Waals surface area (Å²) in [6, 6.07) is 0.714. The standard InChI is InChI=1S/C16H32N2/c1-4-10-18-11-6-15(7-12-18)14(2)17-13-16(3)8-5-9-16/h14-15,17H,4-13H2,1-3H3. The quantitative estimate of drug-likeness (QED) is 0.780. The Balaban J connectivity index is 1.65. The van der Waals surface area contributed by atoms with Gasteiger partial charge in [-0.2, -0.15) is 0 Å². The van der Waals surface area contributed by atoms with Crippen molar-refractivity contribution in [2.75, 3.05) is 26.2 Å². The summed E-state index contributed by atoms with van der Waals surface area (Å²) in [6.45, 7) is 12.3. The molecule has 1 aliphatic heterocycles. The number of nitrogens with zero attached hydrogens (tertiary/aromatic N) is 1. The molecule has 106 valence electrons. The molecule has 1 aliphatic carbocycles. The van der Waals surface area contributed by atoms with Gasteiger partial charge < -0.3 is 10.2 Å². The summed E-state index contributed by atoms with van der Waals surface area (Å²) < 4.78 is 0. The van der Waals surface area contributed by atoms with E-state index in [0.29, 0.717) is 11.5 Å². The Hall–Kier alpha value is -0.0800. The highest BCUT2D eigenvalue weighted by Crippen LogP contribution is 2.39. The molecule has 2 heteroatoms. The van der Waals surface area contributed by atoms with Crippen molar-refractivity contribution in [1.29, 1.82) is 0 Å². The van der Waals surface area contributed by atoms with Crippen LogP contribution in [0.5, 0.6) is 0 Å². The number of piperidine rings is 1. The second kappa shape index (κ2) is 6.38. The Morgan fingerprint density at radius 2 is 1.94 bits per heavy atom. The highest BCUT2D eigenvalue weighted by atomic mass is 15.1. The minimum absolute atomic E-state index is 0.622. The predicted molar refractivity (Wildman–Crippen MR) is 78.9 cm³/mol. The Bertz CT molecular complexity index is 239. The molecule has 0 amide bonds. The minimum atomic E-state index is 0.622. The summed E-state index contributed by atoms with van der Waals surface area (Å²) in [5, 5.41) is 3.82. The maximum atomic E-state index is 3.82. The zero-order valence-electron chi connectivity index (χ0n) is 12.7. The number of nitrogens with one attached hydrogen (secondary N) is 1. The van der Waals surface area contributed by atoms with E-state index in [1.165, 1.54) is 64.7 Å². The molecular formula is C16H32N2. The minimum Gasteiger partial charge on any atom is -0.313 e. The van der Waals surface area contributed by atoms with Gasteiger partial charge in [-0.1, -0.05) is 20.3 Å². The lowest BCUT2D eigenvalue weighted by Crippen LogP contribution is -2.46. The first-order chi connectivity index (χ1) is 8.63.